The summed E-state index contributed by atoms with van der Waals surface area (Å²) >= 11 is 0. The smallest absolute Gasteiger partial charge is 0.314 e. The Kier molecular flexibility index (Phi) is 20.4. The fourth-order valence-electron chi connectivity index (χ4n) is 4.27. The molecule has 1 aliphatic heterocycles. The Morgan fingerprint density at radius 1 is 0.645 bits per heavy atom. The second-order valence-electron chi connectivity index (χ2n) is 9.29. The molecule has 2 N–H and O–H groups in total. The molecule has 1 rings (SSSR count). The van der Waals surface area contributed by atoms with Crippen LogP contribution in [0.15, 0.2) is 0 Å². The molecule has 0 unspecified atom stereocenters. The minimum Gasteiger partial charge on any atom is -0.379 e. The van der Waals surface area contributed by atoms with E-state index in [4.69, 9.17) is 4.74 Å². The summed E-state index contributed by atoms with van der Waals surface area (Å²) in [7, 11) is 0. The lowest BCUT2D eigenvalue weighted by Gasteiger charge is -2.26. The molecule has 1 heterocycles. The van der Waals surface area contributed by atoms with Gasteiger partial charge in [-0.3, -0.25) is 4.90 Å². The van der Waals surface area contributed by atoms with E-state index in [1.165, 1.54) is 96.3 Å². The van der Waals surface area contributed by atoms with Gasteiger partial charge in [0.2, 0.25) is 0 Å². The van der Waals surface area contributed by atoms with Gasteiger partial charge in [-0.2, -0.15) is 0 Å². The number of nitrogens with zero attached hydrogens (tertiary/aromatic N) is 1. The lowest BCUT2D eigenvalue weighted by atomic mass is 10.0. The Hall–Kier alpha value is -0.810. The summed E-state index contributed by atoms with van der Waals surface area (Å²) in [6.07, 6.45) is 23.1. The van der Waals surface area contributed by atoms with Gasteiger partial charge >= 0.3 is 6.03 Å². The number of nitrogens with one attached hydrogen (secondary N) is 2. The minimum absolute atomic E-state index is 0.0112. The quantitative estimate of drug-likeness (QED) is 0.207. The Bertz CT molecular complexity index is 387. The topological polar surface area (TPSA) is 53.6 Å². The molecule has 0 bridgehead atoms. The number of hydrogen-bond acceptors (Lipinski definition) is 3. The highest BCUT2D eigenvalue weighted by atomic mass is 16.5. The molecule has 1 saturated heterocycles. The van der Waals surface area contributed by atoms with Crippen molar-refractivity contribution in [3.8, 4) is 0 Å². The Morgan fingerprint density at radius 2 is 1.06 bits per heavy atom. The maximum Gasteiger partial charge on any atom is 0.314 e. The monoisotopic (exact) mass is 439 g/mol. The van der Waals surface area contributed by atoms with Crippen LogP contribution in [0, 0.1) is 0 Å². The molecule has 5 nitrogen and oxygen atoms in total. The highest BCUT2D eigenvalue weighted by Crippen LogP contribution is 2.13. The van der Waals surface area contributed by atoms with E-state index >= 15 is 0 Å². The van der Waals surface area contributed by atoms with E-state index in [0.717, 1.165) is 58.8 Å². The zero-order chi connectivity index (χ0) is 22.2. The molecule has 0 spiro atoms. The summed E-state index contributed by atoms with van der Waals surface area (Å²) in [4.78, 5) is 14.2. The molecule has 2 amide bonds. The van der Waals surface area contributed by atoms with Crippen LogP contribution in [0.1, 0.15) is 116 Å². The normalized spacial score (nSPS) is 14.6. The van der Waals surface area contributed by atoms with Crippen molar-refractivity contribution in [3.63, 3.8) is 0 Å². The first kappa shape index (κ1) is 28.2. The average molecular weight is 440 g/mol. The van der Waals surface area contributed by atoms with E-state index in [1.54, 1.807) is 0 Å². The van der Waals surface area contributed by atoms with Crippen molar-refractivity contribution in [2.45, 2.75) is 116 Å². The number of ether oxygens (including phenoxy) is 1. The van der Waals surface area contributed by atoms with Crippen molar-refractivity contribution < 1.29 is 9.53 Å². The van der Waals surface area contributed by atoms with Gasteiger partial charge < -0.3 is 15.4 Å². The molecule has 184 valence electrons. The van der Waals surface area contributed by atoms with Crippen LogP contribution in [-0.2, 0) is 4.74 Å². The van der Waals surface area contributed by atoms with Crippen LogP contribution in [-0.4, -0.2) is 56.9 Å². The number of morpholine rings is 1. The molecule has 0 aromatic rings. The van der Waals surface area contributed by atoms with Crippen LogP contribution in [0.4, 0.5) is 4.79 Å². The number of amides is 2. The third-order valence-corrected chi connectivity index (χ3v) is 6.36. The summed E-state index contributed by atoms with van der Waals surface area (Å²) in [6, 6.07) is -0.0112. The predicted octanol–water partition coefficient (Wildman–Crippen LogP) is 6.27. The molecule has 1 fully saturated rings. The van der Waals surface area contributed by atoms with Gasteiger partial charge in [-0.1, -0.05) is 103 Å². The number of rotatable bonds is 21. The second-order valence-corrected chi connectivity index (χ2v) is 9.29. The number of unbranched alkanes of at least 4 members (excludes halogenated alkanes) is 15. The molecular weight excluding hydrogens is 386 g/mol. The summed E-state index contributed by atoms with van der Waals surface area (Å²) in [5, 5.41) is 5.96. The van der Waals surface area contributed by atoms with Crippen LogP contribution in [0.5, 0.6) is 0 Å². The van der Waals surface area contributed by atoms with E-state index in [9.17, 15) is 4.79 Å². The summed E-state index contributed by atoms with van der Waals surface area (Å²) in [5.74, 6) is 0. The first-order chi connectivity index (χ1) is 15.3. The standard InChI is InChI=1S/C26H53N3O2/c1-2-3-4-5-6-7-8-9-10-11-12-13-14-15-16-17-19-27-26(30)28-20-18-21-29-22-24-31-25-23-29/h2-25H2,1H3,(H2,27,28,30). The van der Waals surface area contributed by atoms with Crippen molar-refractivity contribution in [1.29, 1.82) is 0 Å². The molecule has 1 aliphatic rings. The zero-order valence-electron chi connectivity index (χ0n) is 20.7. The molecule has 0 aromatic heterocycles. The molecule has 0 aliphatic carbocycles. The van der Waals surface area contributed by atoms with Gasteiger partial charge in [-0.15, -0.1) is 0 Å². The Morgan fingerprint density at radius 3 is 1.55 bits per heavy atom. The largest absolute Gasteiger partial charge is 0.379 e. The fourth-order valence-corrected chi connectivity index (χ4v) is 4.27. The number of carbonyl (C=O) groups excluding carboxylic acids is 1. The van der Waals surface area contributed by atoms with Gasteiger partial charge in [0.1, 0.15) is 0 Å². The lowest BCUT2D eigenvalue weighted by molar-refractivity contribution is 0.0375. The first-order valence-corrected chi connectivity index (χ1v) is 13.6. The van der Waals surface area contributed by atoms with Gasteiger partial charge in [0, 0.05) is 26.2 Å². The van der Waals surface area contributed by atoms with E-state index in [-0.39, 0.29) is 6.03 Å². The SMILES string of the molecule is CCCCCCCCCCCCCCCCCCNC(=O)NCCCN1CCOCC1. The molecule has 0 saturated carbocycles. The van der Waals surface area contributed by atoms with E-state index < -0.39 is 0 Å². The second kappa shape index (κ2) is 22.4. The van der Waals surface area contributed by atoms with Crippen LogP contribution < -0.4 is 10.6 Å². The minimum atomic E-state index is -0.0112. The van der Waals surface area contributed by atoms with Crippen LogP contribution in [0.3, 0.4) is 0 Å². The van der Waals surface area contributed by atoms with Crippen LogP contribution >= 0.6 is 0 Å². The Labute approximate surface area is 193 Å². The summed E-state index contributed by atoms with van der Waals surface area (Å²) in [5.41, 5.74) is 0. The van der Waals surface area contributed by atoms with Crippen molar-refractivity contribution in [1.82, 2.24) is 15.5 Å². The summed E-state index contributed by atoms with van der Waals surface area (Å²) < 4.78 is 5.35. The highest BCUT2D eigenvalue weighted by molar-refractivity contribution is 5.73. The van der Waals surface area contributed by atoms with Gasteiger partial charge in [0.05, 0.1) is 13.2 Å². The fraction of sp³-hybridized carbons (Fsp3) is 0.962. The van der Waals surface area contributed by atoms with Gasteiger partial charge in [0.15, 0.2) is 0 Å². The number of hydrogen-bond donors (Lipinski definition) is 2. The maximum atomic E-state index is 11.8. The maximum absolute atomic E-state index is 11.8. The van der Waals surface area contributed by atoms with Crippen molar-refractivity contribution in [2.24, 2.45) is 0 Å². The van der Waals surface area contributed by atoms with E-state index in [0.29, 0.717) is 0 Å². The van der Waals surface area contributed by atoms with Crippen molar-refractivity contribution in [2.75, 3.05) is 45.9 Å². The zero-order valence-corrected chi connectivity index (χ0v) is 20.7. The van der Waals surface area contributed by atoms with Gasteiger partial charge in [-0.25, -0.2) is 4.79 Å². The first-order valence-electron chi connectivity index (χ1n) is 13.6. The molecular formula is C26H53N3O2. The van der Waals surface area contributed by atoms with Gasteiger partial charge in [-0.05, 0) is 19.4 Å². The predicted molar refractivity (Wildman–Crippen MR) is 133 cm³/mol. The van der Waals surface area contributed by atoms with E-state index in [2.05, 4.69) is 22.5 Å². The molecule has 0 atom stereocenters. The number of urea groups is 1. The molecule has 31 heavy (non-hydrogen) atoms. The third-order valence-electron chi connectivity index (χ3n) is 6.36. The van der Waals surface area contributed by atoms with Gasteiger partial charge in [0.25, 0.3) is 0 Å². The third kappa shape index (κ3) is 19.6. The average Bonchev–Trinajstić information content (AvgIpc) is 2.79. The lowest BCUT2D eigenvalue weighted by Crippen LogP contribution is -2.40. The molecule has 0 aromatic carbocycles. The highest BCUT2D eigenvalue weighted by Gasteiger charge is 2.09. The van der Waals surface area contributed by atoms with Crippen molar-refractivity contribution >= 4 is 6.03 Å². The number of carbonyl (C=O) groups is 1. The van der Waals surface area contributed by atoms with Crippen LogP contribution in [0.2, 0.25) is 0 Å². The van der Waals surface area contributed by atoms with E-state index in [1.807, 2.05) is 0 Å². The molecule has 0 radical (unpaired) electrons. The van der Waals surface area contributed by atoms with Crippen LogP contribution in [0.25, 0.3) is 0 Å². The Balaban J connectivity index is 1.70. The summed E-state index contributed by atoms with van der Waals surface area (Å²) in [6.45, 7) is 8.60. The van der Waals surface area contributed by atoms with Crippen molar-refractivity contribution in [3.05, 3.63) is 0 Å². The molecule has 5 heteroatoms.